The predicted molar refractivity (Wildman–Crippen MR) is 122 cm³/mol. The molecule has 5 aliphatic carbocycles. The summed E-state index contributed by atoms with van der Waals surface area (Å²) in [4.78, 5) is 22.6. The molecule has 0 saturated heterocycles. The highest BCUT2D eigenvalue weighted by Gasteiger charge is 2.50. The van der Waals surface area contributed by atoms with Gasteiger partial charge in [0.25, 0.3) is 0 Å². The molecule has 164 valence electrons. The highest BCUT2D eigenvalue weighted by atomic mass is 35.5. The monoisotopic (exact) mass is 450 g/mol. The zero-order chi connectivity index (χ0) is 21.3. The molecule has 1 aromatic rings. The number of aryl methyl sites for hydroxylation is 1. The topological polar surface area (TPSA) is 49.4 Å². The van der Waals surface area contributed by atoms with E-state index in [1.165, 1.54) is 60.5 Å². The van der Waals surface area contributed by atoms with Crippen molar-refractivity contribution in [2.45, 2.75) is 70.8 Å². The Kier molecular flexibility index (Phi) is 6.94. The van der Waals surface area contributed by atoms with E-state index in [-0.39, 0.29) is 17.7 Å². The van der Waals surface area contributed by atoms with Gasteiger partial charge in [0.15, 0.2) is 0 Å². The van der Waals surface area contributed by atoms with E-state index in [9.17, 15) is 9.59 Å². The standard InChI is InChI=1S/C12H18ClNO.C12H14ClNO/c1-7(15)14(13)12-10-3-8-2-9(5-10)6-11(12)4-8;13-8-12(15)14-11-7-3-5-9-4-1-2-6-10(9)11/h8-12H,2-6H2,1H3;3,5,7H,1-2,4,6,8H2,(H,14,15). The van der Waals surface area contributed by atoms with Crippen LogP contribution in [0, 0.1) is 23.7 Å². The molecule has 0 aliphatic heterocycles. The highest BCUT2D eigenvalue weighted by molar-refractivity contribution is 6.29. The Labute approximate surface area is 189 Å². The van der Waals surface area contributed by atoms with E-state index in [1.807, 2.05) is 12.1 Å². The van der Waals surface area contributed by atoms with Gasteiger partial charge in [-0.15, -0.1) is 11.6 Å². The average Bonchev–Trinajstić information content (AvgIpc) is 2.73. The number of rotatable bonds is 3. The van der Waals surface area contributed by atoms with Crippen LogP contribution in [0.2, 0.25) is 0 Å². The number of amides is 2. The predicted octanol–water partition coefficient (Wildman–Crippen LogP) is 5.56. The van der Waals surface area contributed by atoms with Crippen LogP contribution in [0.1, 0.15) is 63.0 Å². The minimum Gasteiger partial charge on any atom is -0.325 e. The van der Waals surface area contributed by atoms with Gasteiger partial charge >= 0.3 is 0 Å². The maximum absolute atomic E-state index is 11.4. The molecule has 5 aliphatic rings. The lowest BCUT2D eigenvalue weighted by Gasteiger charge is -2.55. The van der Waals surface area contributed by atoms with Gasteiger partial charge in [0.05, 0.1) is 6.04 Å². The van der Waals surface area contributed by atoms with Crippen LogP contribution in [-0.4, -0.2) is 28.2 Å². The van der Waals surface area contributed by atoms with E-state index in [2.05, 4.69) is 11.4 Å². The van der Waals surface area contributed by atoms with E-state index in [0.717, 1.165) is 30.4 Å². The van der Waals surface area contributed by atoms with Crippen LogP contribution in [0.5, 0.6) is 0 Å². The number of nitrogens with zero attached hydrogens (tertiary/aromatic N) is 1. The molecule has 0 heterocycles. The Bertz CT molecular complexity index is 769. The van der Waals surface area contributed by atoms with E-state index in [1.54, 1.807) is 6.92 Å². The third-order valence-electron chi connectivity index (χ3n) is 7.53. The van der Waals surface area contributed by atoms with Gasteiger partial charge in [0, 0.05) is 24.4 Å². The first-order valence-corrected chi connectivity index (χ1v) is 12.3. The summed E-state index contributed by atoms with van der Waals surface area (Å²) in [6.45, 7) is 1.58. The Hall–Kier alpha value is -1.26. The van der Waals surface area contributed by atoms with E-state index in [4.69, 9.17) is 23.4 Å². The number of alkyl halides is 1. The molecule has 0 unspecified atom stereocenters. The van der Waals surface area contributed by atoms with E-state index in [0.29, 0.717) is 17.9 Å². The Morgan fingerprint density at radius 2 is 1.67 bits per heavy atom. The fourth-order valence-corrected chi connectivity index (χ4v) is 6.94. The van der Waals surface area contributed by atoms with Gasteiger partial charge in [0.1, 0.15) is 5.88 Å². The summed E-state index contributed by atoms with van der Waals surface area (Å²) in [7, 11) is 0. The molecule has 1 aromatic carbocycles. The summed E-state index contributed by atoms with van der Waals surface area (Å²) in [5.74, 6) is 3.19. The molecule has 1 N–H and O–H groups in total. The fraction of sp³-hybridized carbons (Fsp3) is 0.667. The summed E-state index contributed by atoms with van der Waals surface area (Å²) in [5, 5.41) is 2.85. The van der Waals surface area contributed by atoms with Crippen molar-refractivity contribution in [1.29, 1.82) is 0 Å². The van der Waals surface area contributed by atoms with Crippen molar-refractivity contribution in [2.24, 2.45) is 23.7 Å². The first-order chi connectivity index (χ1) is 14.5. The van der Waals surface area contributed by atoms with Crippen LogP contribution in [0.3, 0.4) is 0 Å². The number of halogens is 2. The molecule has 6 heteroatoms. The van der Waals surface area contributed by atoms with Crippen molar-refractivity contribution in [3.8, 4) is 0 Å². The largest absolute Gasteiger partial charge is 0.325 e. The molecule has 6 rings (SSSR count). The summed E-state index contributed by atoms with van der Waals surface area (Å²) in [5.41, 5.74) is 3.61. The van der Waals surface area contributed by atoms with Gasteiger partial charge < -0.3 is 5.32 Å². The van der Waals surface area contributed by atoms with Crippen molar-refractivity contribution in [2.75, 3.05) is 11.2 Å². The van der Waals surface area contributed by atoms with Crippen LogP contribution < -0.4 is 5.32 Å². The maximum atomic E-state index is 11.4. The molecule has 30 heavy (non-hydrogen) atoms. The second kappa shape index (κ2) is 9.48. The van der Waals surface area contributed by atoms with Crippen LogP contribution in [-0.2, 0) is 22.4 Å². The quantitative estimate of drug-likeness (QED) is 0.484. The van der Waals surface area contributed by atoms with E-state index < -0.39 is 0 Å². The normalized spacial score (nSPS) is 30.7. The van der Waals surface area contributed by atoms with Crippen molar-refractivity contribution in [3.63, 3.8) is 0 Å². The Morgan fingerprint density at radius 1 is 1.03 bits per heavy atom. The summed E-state index contributed by atoms with van der Waals surface area (Å²) in [6.07, 6.45) is 11.3. The van der Waals surface area contributed by atoms with Gasteiger partial charge in [-0.1, -0.05) is 12.1 Å². The lowest BCUT2D eigenvalue weighted by Crippen LogP contribution is -2.54. The van der Waals surface area contributed by atoms with Gasteiger partial charge in [0.2, 0.25) is 11.8 Å². The molecule has 0 radical (unpaired) electrons. The third-order valence-corrected chi connectivity index (χ3v) is 8.24. The third kappa shape index (κ3) is 4.65. The van der Waals surface area contributed by atoms with Crippen molar-refractivity contribution in [1.82, 2.24) is 4.42 Å². The lowest BCUT2D eigenvalue weighted by atomic mass is 9.54. The number of fused-ring (bicyclic) bond motifs is 1. The number of carbonyl (C=O) groups is 2. The number of benzene rings is 1. The SMILES string of the molecule is CC(=O)N(Cl)C1C2CC3CC(C2)CC1C3.O=C(CCl)Nc1cccc2c1CCCC2. The number of nitrogens with one attached hydrogen (secondary N) is 1. The zero-order valence-corrected chi connectivity index (χ0v) is 19.2. The molecular formula is C24H32Cl2N2O2. The molecule has 4 bridgehead atoms. The number of anilines is 1. The molecule has 4 fully saturated rings. The fourth-order valence-electron chi connectivity index (χ4n) is 6.56. The number of hydrogen-bond donors (Lipinski definition) is 1. The zero-order valence-electron chi connectivity index (χ0n) is 17.7. The van der Waals surface area contributed by atoms with Gasteiger partial charge in [-0.05, 0) is 98.7 Å². The summed E-state index contributed by atoms with van der Waals surface area (Å²) < 4.78 is 1.51. The second-order valence-electron chi connectivity index (χ2n) is 9.58. The van der Waals surface area contributed by atoms with Gasteiger partial charge in [-0.3, -0.25) is 14.0 Å². The van der Waals surface area contributed by atoms with Gasteiger partial charge in [-0.2, -0.15) is 0 Å². The van der Waals surface area contributed by atoms with Crippen LogP contribution in [0.4, 0.5) is 5.69 Å². The Morgan fingerprint density at radius 3 is 2.27 bits per heavy atom. The molecule has 4 saturated carbocycles. The molecule has 0 spiro atoms. The summed E-state index contributed by atoms with van der Waals surface area (Å²) >= 11 is 11.6. The lowest BCUT2D eigenvalue weighted by molar-refractivity contribution is -0.132. The van der Waals surface area contributed by atoms with Crippen molar-refractivity contribution < 1.29 is 9.59 Å². The molecule has 0 atom stereocenters. The van der Waals surface area contributed by atoms with Crippen molar-refractivity contribution >= 4 is 40.9 Å². The Balaban J connectivity index is 0.000000145. The first kappa shape index (κ1) is 22.0. The molecule has 4 nitrogen and oxygen atoms in total. The highest BCUT2D eigenvalue weighted by Crippen LogP contribution is 2.55. The molecule has 2 amide bonds. The van der Waals surface area contributed by atoms with Crippen LogP contribution >= 0.6 is 23.4 Å². The average molecular weight is 451 g/mol. The van der Waals surface area contributed by atoms with Gasteiger partial charge in [-0.25, -0.2) is 0 Å². The number of carbonyl (C=O) groups excluding carboxylic acids is 2. The molecular weight excluding hydrogens is 419 g/mol. The molecule has 0 aromatic heterocycles. The van der Waals surface area contributed by atoms with E-state index >= 15 is 0 Å². The van der Waals surface area contributed by atoms with Crippen molar-refractivity contribution in [3.05, 3.63) is 29.3 Å². The van der Waals surface area contributed by atoms with Crippen LogP contribution in [0.15, 0.2) is 18.2 Å². The van der Waals surface area contributed by atoms with Crippen LogP contribution in [0.25, 0.3) is 0 Å². The first-order valence-electron chi connectivity index (χ1n) is 11.4. The minimum absolute atomic E-state index is 0.0175. The maximum Gasteiger partial charge on any atom is 0.239 e. The smallest absolute Gasteiger partial charge is 0.239 e. The minimum atomic E-state index is -0.129. The number of hydrogen-bond acceptors (Lipinski definition) is 2. The summed E-state index contributed by atoms with van der Waals surface area (Å²) in [6, 6.07) is 6.44. The second-order valence-corrected chi connectivity index (χ2v) is 10.2.